The summed E-state index contributed by atoms with van der Waals surface area (Å²) in [6, 6.07) is 17.9. The number of carbonyl (C=O) groups is 1. The Kier molecular flexibility index (Phi) is 6.57. The maximum Gasteiger partial charge on any atom is 0.415 e. The van der Waals surface area contributed by atoms with E-state index in [1.165, 1.54) is 0 Å². The lowest BCUT2D eigenvalue weighted by Gasteiger charge is -2.33. The van der Waals surface area contributed by atoms with Crippen molar-refractivity contribution in [3.05, 3.63) is 89.0 Å². The third kappa shape index (κ3) is 5.89. The minimum Gasteiger partial charge on any atom is -0.410 e. The Morgan fingerprint density at radius 3 is 2.39 bits per heavy atom. The average molecular weight is 417 g/mol. The molecule has 160 valence electrons. The van der Waals surface area contributed by atoms with E-state index in [-0.39, 0.29) is 6.09 Å². The standard InChI is InChI=1S/C25H28N4O2/c1-19-6-9-22(26-17-19)16-21-7-10-24(11-8-21)31-25(30)29-14-12-28(13-15-29)18-23-5-3-4-20(2)27-23/h3-11,17H,12-16,18H2,1-2H3. The lowest BCUT2D eigenvalue weighted by molar-refractivity contribution is 0.107. The fourth-order valence-corrected chi connectivity index (χ4v) is 3.66. The highest BCUT2D eigenvalue weighted by atomic mass is 16.6. The van der Waals surface area contributed by atoms with Gasteiger partial charge in [0.25, 0.3) is 0 Å². The monoisotopic (exact) mass is 416 g/mol. The molecule has 0 unspecified atom stereocenters. The van der Waals surface area contributed by atoms with Gasteiger partial charge in [0.05, 0.1) is 5.69 Å². The predicted octanol–water partition coefficient (Wildman–Crippen LogP) is 4.00. The number of aromatic nitrogens is 2. The third-order valence-corrected chi connectivity index (χ3v) is 5.45. The highest BCUT2D eigenvalue weighted by Crippen LogP contribution is 2.17. The maximum atomic E-state index is 12.5. The van der Waals surface area contributed by atoms with Gasteiger partial charge in [0, 0.05) is 56.7 Å². The number of amides is 1. The summed E-state index contributed by atoms with van der Waals surface area (Å²) >= 11 is 0. The van der Waals surface area contributed by atoms with Gasteiger partial charge in [-0.3, -0.25) is 14.9 Å². The summed E-state index contributed by atoms with van der Waals surface area (Å²) < 4.78 is 5.58. The Morgan fingerprint density at radius 2 is 1.71 bits per heavy atom. The van der Waals surface area contributed by atoms with Crippen molar-refractivity contribution >= 4 is 6.09 Å². The highest BCUT2D eigenvalue weighted by Gasteiger charge is 2.23. The van der Waals surface area contributed by atoms with E-state index in [1.807, 2.05) is 68.6 Å². The molecule has 31 heavy (non-hydrogen) atoms. The molecule has 6 nitrogen and oxygen atoms in total. The van der Waals surface area contributed by atoms with Gasteiger partial charge in [-0.2, -0.15) is 0 Å². The van der Waals surface area contributed by atoms with E-state index in [4.69, 9.17) is 4.74 Å². The first kappa shape index (κ1) is 21.0. The normalized spacial score (nSPS) is 14.5. The lowest BCUT2D eigenvalue weighted by atomic mass is 10.1. The molecule has 0 spiro atoms. The van der Waals surface area contributed by atoms with Crippen molar-refractivity contribution in [3.63, 3.8) is 0 Å². The Labute approximate surface area is 183 Å². The summed E-state index contributed by atoms with van der Waals surface area (Å²) in [5.41, 5.74) is 5.40. The number of rotatable bonds is 5. The predicted molar refractivity (Wildman–Crippen MR) is 120 cm³/mol. The van der Waals surface area contributed by atoms with Crippen LogP contribution in [-0.4, -0.2) is 52.0 Å². The Hall–Kier alpha value is -3.25. The van der Waals surface area contributed by atoms with Gasteiger partial charge in [-0.1, -0.05) is 24.3 Å². The molecule has 0 saturated carbocycles. The number of hydrogen-bond donors (Lipinski definition) is 0. The van der Waals surface area contributed by atoms with Crippen LogP contribution in [0.25, 0.3) is 0 Å². The van der Waals surface area contributed by atoms with Gasteiger partial charge < -0.3 is 9.64 Å². The van der Waals surface area contributed by atoms with Crippen LogP contribution in [0.1, 0.15) is 28.2 Å². The molecule has 1 saturated heterocycles. The minimum atomic E-state index is -0.290. The van der Waals surface area contributed by atoms with Crippen molar-refractivity contribution in [1.29, 1.82) is 0 Å². The van der Waals surface area contributed by atoms with E-state index in [2.05, 4.69) is 20.9 Å². The van der Waals surface area contributed by atoms with E-state index in [9.17, 15) is 4.79 Å². The number of carbonyl (C=O) groups excluding carboxylic acids is 1. The number of pyridine rings is 2. The number of hydrogen-bond acceptors (Lipinski definition) is 5. The number of nitrogens with zero attached hydrogens (tertiary/aromatic N) is 4. The molecule has 4 rings (SSSR count). The molecule has 3 heterocycles. The van der Waals surface area contributed by atoms with Gasteiger partial charge in [-0.25, -0.2) is 4.79 Å². The zero-order valence-electron chi connectivity index (χ0n) is 18.1. The lowest BCUT2D eigenvalue weighted by Crippen LogP contribution is -2.49. The molecule has 1 aliphatic rings. The first-order chi connectivity index (χ1) is 15.0. The van der Waals surface area contributed by atoms with Crippen LogP contribution in [-0.2, 0) is 13.0 Å². The zero-order chi connectivity index (χ0) is 21.6. The molecule has 3 aromatic rings. The van der Waals surface area contributed by atoms with Crippen molar-refractivity contribution in [1.82, 2.24) is 19.8 Å². The molecular formula is C25H28N4O2. The second-order valence-electron chi connectivity index (χ2n) is 8.05. The fraction of sp³-hybridized carbons (Fsp3) is 0.320. The first-order valence-corrected chi connectivity index (χ1v) is 10.7. The van der Waals surface area contributed by atoms with Gasteiger partial charge in [0.15, 0.2) is 0 Å². The topological polar surface area (TPSA) is 58.6 Å². The molecule has 0 atom stereocenters. The van der Waals surface area contributed by atoms with Crippen LogP contribution in [0.3, 0.4) is 0 Å². The molecule has 1 aromatic carbocycles. The molecule has 1 fully saturated rings. The third-order valence-electron chi connectivity index (χ3n) is 5.45. The first-order valence-electron chi connectivity index (χ1n) is 10.7. The second kappa shape index (κ2) is 9.71. The van der Waals surface area contributed by atoms with Crippen molar-refractivity contribution in [2.24, 2.45) is 0 Å². The van der Waals surface area contributed by atoms with Crippen LogP contribution in [0.5, 0.6) is 5.75 Å². The van der Waals surface area contributed by atoms with Gasteiger partial charge in [0.1, 0.15) is 5.75 Å². The SMILES string of the molecule is Cc1ccc(Cc2ccc(OC(=O)N3CCN(Cc4cccc(C)n4)CC3)cc2)nc1. The van der Waals surface area contributed by atoms with Crippen LogP contribution in [0.2, 0.25) is 0 Å². The van der Waals surface area contributed by atoms with Crippen molar-refractivity contribution in [3.8, 4) is 5.75 Å². The van der Waals surface area contributed by atoms with Gasteiger partial charge >= 0.3 is 6.09 Å². The summed E-state index contributed by atoms with van der Waals surface area (Å²) in [5, 5.41) is 0. The summed E-state index contributed by atoms with van der Waals surface area (Å²) in [6.07, 6.45) is 2.34. The Bertz CT molecular complexity index is 1010. The highest BCUT2D eigenvalue weighted by molar-refractivity contribution is 5.70. The molecule has 1 aliphatic heterocycles. The van der Waals surface area contributed by atoms with E-state index in [0.717, 1.165) is 54.3 Å². The smallest absolute Gasteiger partial charge is 0.410 e. The van der Waals surface area contributed by atoms with Crippen molar-refractivity contribution in [2.75, 3.05) is 26.2 Å². The Balaban J connectivity index is 1.25. The molecule has 0 aliphatic carbocycles. The van der Waals surface area contributed by atoms with Gasteiger partial charge in [0.2, 0.25) is 0 Å². The van der Waals surface area contributed by atoms with Crippen LogP contribution in [0.15, 0.2) is 60.8 Å². The van der Waals surface area contributed by atoms with Gasteiger partial charge in [-0.15, -0.1) is 0 Å². The summed E-state index contributed by atoms with van der Waals surface area (Å²) in [5.74, 6) is 0.567. The molecule has 0 N–H and O–H groups in total. The fourth-order valence-electron chi connectivity index (χ4n) is 3.66. The summed E-state index contributed by atoms with van der Waals surface area (Å²) in [7, 11) is 0. The quantitative estimate of drug-likeness (QED) is 0.629. The summed E-state index contributed by atoms with van der Waals surface area (Å²) in [4.78, 5) is 25.6. The largest absolute Gasteiger partial charge is 0.415 e. The second-order valence-corrected chi connectivity index (χ2v) is 8.05. The number of aryl methyl sites for hydroxylation is 2. The number of benzene rings is 1. The number of ether oxygens (including phenoxy) is 1. The van der Waals surface area contributed by atoms with E-state index in [0.29, 0.717) is 18.8 Å². The van der Waals surface area contributed by atoms with E-state index in [1.54, 1.807) is 4.90 Å². The van der Waals surface area contributed by atoms with Crippen LogP contribution < -0.4 is 4.74 Å². The van der Waals surface area contributed by atoms with Crippen molar-refractivity contribution < 1.29 is 9.53 Å². The summed E-state index contributed by atoms with van der Waals surface area (Å²) in [6.45, 7) is 7.77. The maximum absolute atomic E-state index is 12.5. The van der Waals surface area contributed by atoms with Crippen LogP contribution in [0.4, 0.5) is 4.79 Å². The van der Waals surface area contributed by atoms with Crippen molar-refractivity contribution in [2.45, 2.75) is 26.8 Å². The van der Waals surface area contributed by atoms with Crippen LogP contribution in [0, 0.1) is 13.8 Å². The minimum absolute atomic E-state index is 0.290. The average Bonchev–Trinajstić information content (AvgIpc) is 2.77. The zero-order valence-corrected chi connectivity index (χ0v) is 18.1. The van der Waals surface area contributed by atoms with Gasteiger partial charge in [-0.05, 0) is 55.3 Å². The molecule has 1 amide bonds. The van der Waals surface area contributed by atoms with E-state index >= 15 is 0 Å². The Morgan fingerprint density at radius 1 is 0.935 bits per heavy atom. The number of piperazine rings is 1. The van der Waals surface area contributed by atoms with E-state index < -0.39 is 0 Å². The molecule has 2 aromatic heterocycles. The van der Waals surface area contributed by atoms with Crippen LogP contribution >= 0.6 is 0 Å². The molecule has 0 radical (unpaired) electrons. The molecule has 6 heteroatoms. The molecule has 0 bridgehead atoms. The molecular weight excluding hydrogens is 388 g/mol.